The first-order valence-corrected chi connectivity index (χ1v) is 18.9. The fourth-order valence-corrected chi connectivity index (χ4v) is 8.71. The highest BCUT2D eigenvalue weighted by atomic mass is 16.5. The average molecular weight is 716 g/mol. The predicted octanol–water partition coefficient (Wildman–Crippen LogP) is 12.7. The molecule has 1 spiro atoms. The number of nitrogens with zero attached hydrogens (tertiary/aromatic N) is 3. The average Bonchev–Trinajstić information content (AvgIpc) is 3.58. The number of rotatable bonds is 5. The number of hydrogen-bond donors (Lipinski definition) is 0. The van der Waals surface area contributed by atoms with Crippen LogP contribution in [-0.2, 0) is 5.41 Å². The van der Waals surface area contributed by atoms with Gasteiger partial charge in [0.15, 0.2) is 5.82 Å². The van der Waals surface area contributed by atoms with Crippen molar-refractivity contribution in [1.29, 1.82) is 0 Å². The summed E-state index contributed by atoms with van der Waals surface area (Å²) in [6.07, 6.45) is 3.69. The summed E-state index contributed by atoms with van der Waals surface area (Å²) in [5.41, 5.74) is 15.7. The Labute approximate surface area is 325 Å². The van der Waals surface area contributed by atoms with E-state index in [0.717, 1.165) is 67.4 Å². The zero-order valence-corrected chi connectivity index (χ0v) is 30.3. The topological polar surface area (TPSA) is 47.9 Å². The maximum absolute atomic E-state index is 6.86. The molecule has 262 valence electrons. The normalized spacial score (nSPS) is 12.9. The van der Waals surface area contributed by atoms with Crippen molar-refractivity contribution in [3.8, 4) is 78.8 Å². The SMILES string of the molecule is c1ccc(-c2ccc(-c3cc(-c4ccccc4)nc(-c4ccc5c(c4)C4(c6cc(-c7ccncc7)ccc6O5)c5ccccc5-c5ccccc54)n3)cc2)cc1. The lowest BCUT2D eigenvalue weighted by atomic mass is 9.65. The number of aromatic nitrogens is 3. The van der Waals surface area contributed by atoms with Gasteiger partial charge in [-0.15, -0.1) is 0 Å². The van der Waals surface area contributed by atoms with Crippen LogP contribution in [0.4, 0.5) is 0 Å². The van der Waals surface area contributed by atoms with E-state index >= 15 is 0 Å². The van der Waals surface area contributed by atoms with Gasteiger partial charge in [0, 0.05) is 40.2 Å². The number of ether oxygens (including phenoxy) is 1. The van der Waals surface area contributed by atoms with Crippen molar-refractivity contribution in [3.05, 3.63) is 223 Å². The van der Waals surface area contributed by atoms with E-state index in [9.17, 15) is 0 Å². The monoisotopic (exact) mass is 715 g/mol. The molecule has 1 aliphatic carbocycles. The van der Waals surface area contributed by atoms with E-state index in [-0.39, 0.29) is 0 Å². The van der Waals surface area contributed by atoms with Crippen LogP contribution >= 0.6 is 0 Å². The third kappa shape index (κ3) is 5.04. The summed E-state index contributed by atoms with van der Waals surface area (Å²) in [7, 11) is 0. The second-order valence-electron chi connectivity index (χ2n) is 14.4. The zero-order valence-electron chi connectivity index (χ0n) is 30.3. The largest absolute Gasteiger partial charge is 0.457 e. The Kier molecular flexibility index (Phi) is 7.36. The number of hydrogen-bond acceptors (Lipinski definition) is 4. The van der Waals surface area contributed by atoms with Gasteiger partial charge in [-0.2, -0.15) is 0 Å². The first-order chi connectivity index (χ1) is 27.7. The lowest BCUT2D eigenvalue weighted by molar-refractivity contribution is 0.436. The van der Waals surface area contributed by atoms with Gasteiger partial charge in [0.25, 0.3) is 0 Å². The van der Waals surface area contributed by atoms with Crippen molar-refractivity contribution in [1.82, 2.24) is 15.0 Å². The molecule has 7 aromatic carbocycles. The van der Waals surface area contributed by atoms with Crippen LogP contribution in [0.15, 0.2) is 200 Å². The van der Waals surface area contributed by atoms with Gasteiger partial charge in [-0.1, -0.05) is 140 Å². The van der Waals surface area contributed by atoms with Crippen molar-refractivity contribution in [2.24, 2.45) is 0 Å². The molecule has 56 heavy (non-hydrogen) atoms. The summed E-state index contributed by atoms with van der Waals surface area (Å²) in [6.45, 7) is 0. The van der Waals surface area contributed by atoms with E-state index in [4.69, 9.17) is 14.7 Å². The van der Waals surface area contributed by atoms with Crippen LogP contribution in [0.2, 0.25) is 0 Å². The molecule has 2 aromatic heterocycles. The van der Waals surface area contributed by atoms with Gasteiger partial charge < -0.3 is 4.74 Å². The molecule has 11 rings (SSSR count). The number of pyridine rings is 1. The van der Waals surface area contributed by atoms with Crippen LogP contribution in [-0.4, -0.2) is 15.0 Å². The van der Waals surface area contributed by atoms with Crippen molar-refractivity contribution >= 4 is 0 Å². The van der Waals surface area contributed by atoms with Gasteiger partial charge in [0.05, 0.1) is 16.8 Å². The second kappa shape index (κ2) is 12.9. The van der Waals surface area contributed by atoms with Crippen LogP contribution in [0.5, 0.6) is 11.5 Å². The summed E-state index contributed by atoms with van der Waals surface area (Å²) >= 11 is 0. The maximum atomic E-state index is 6.86. The molecular formula is C52H33N3O. The lowest BCUT2D eigenvalue weighted by Crippen LogP contribution is -2.32. The molecule has 2 aliphatic rings. The van der Waals surface area contributed by atoms with Crippen molar-refractivity contribution in [2.45, 2.75) is 5.41 Å². The fourth-order valence-electron chi connectivity index (χ4n) is 8.71. The molecule has 0 fully saturated rings. The highest BCUT2D eigenvalue weighted by Gasteiger charge is 2.51. The summed E-state index contributed by atoms with van der Waals surface area (Å²) in [4.78, 5) is 14.8. The third-order valence-electron chi connectivity index (χ3n) is 11.3. The van der Waals surface area contributed by atoms with E-state index in [0.29, 0.717) is 5.82 Å². The van der Waals surface area contributed by atoms with E-state index in [1.807, 2.05) is 24.5 Å². The Morgan fingerprint density at radius 3 is 1.41 bits per heavy atom. The minimum atomic E-state index is -0.651. The molecule has 0 N–H and O–H groups in total. The molecule has 1 aliphatic heterocycles. The molecule has 0 unspecified atom stereocenters. The van der Waals surface area contributed by atoms with Gasteiger partial charge in [0.2, 0.25) is 0 Å². The molecule has 0 saturated carbocycles. The van der Waals surface area contributed by atoms with E-state index in [2.05, 4.69) is 181 Å². The van der Waals surface area contributed by atoms with Crippen LogP contribution in [0.3, 0.4) is 0 Å². The Hall–Kier alpha value is -7.43. The van der Waals surface area contributed by atoms with Crippen LogP contribution < -0.4 is 4.74 Å². The van der Waals surface area contributed by atoms with Gasteiger partial charge in [-0.25, -0.2) is 9.97 Å². The fraction of sp³-hybridized carbons (Fsp3) is 0.0192. The molecule has 3 heterocycles. The Bertz CT molecular complexity index is 2880. The number of fused-ring (bicyclic) bond motifs is 9. The maximum Gasteiger partial charge on any atom is 0.160 e. The lowest BCUT2D eigenvalue weighted by Gasteiger charge is -2.40. The van der Waals surface area contributed by atoms with Crippen molar-refractivity contribution in [2.75, 3.05) is 0 Å². The number of benzene rings is 7. The van der Waals surface area contributed by atoms with Gasteiger partial charge in [-0.3, -0.25) is 4.98 Å². The first kappa shape index (κ1) is 32.0. The summed E-state index contributed by atoms with van der Waals surface area (Å²) in [6, 6.07) is 66.3. The quantitative estimate of drug-likeness (QED) is 0.178. The van der Waals surface area contributed by atoms with Crippen LogP contribution in [0, 0.1) is 0 Å². The smallest absolute Gasteiger partial charge is 0.160 e. The van der Waals surface area contributed by atoms with Gasteiger partial charge >= 0.3 is 0 Å². The predicted molar refractivity (Wildman–Crippen MR) is 224 cm³/mol. The molecule has 4 heteroatoms. The molecule has 0 amide bonds. The van der Waals surface area contributed by atoms with Crippen molar-refractivity contribution < 1.29 is 4.74 Å². The van der Waals surface area contributed by atoms with Crippen LogP contribution in [0.25, 0.3) is 67.3 Å². The van der Waals surface area contributed by atoms with Crippen molar-refractivity contribution in [3.63, 3.8) is 0 Å². The zero-order chi connectivity index (χ0) is 37.1. The second-order valence-corrected chi connectivity index (χ2v) is 14.4. The Morgan fingerprint density at radius 1 is 0.339 bits per heavy atom. The van der Waals surface area contributed by atoms with E-state index in [1.54, 1.807) is 0 Å². The van der Waals surface area contributed by atoms with E-state index < -0.39 is 5.41 Å². The van der Waals surface area contributed by atoms with Gasteiger partial charge in [0.1, 0.15) is 11.5 Å². The Morgan fingerprint density at radius 2 is 0.786 bits per heavy atom. The highest BCUT2D eigenvalue weighted by Crippen LogP contribution is 2.62. The standard InChI is InChI=1S/C52H33N3O/c1-3-11-34(12-4-1)35-19-21-38(22-20-35)48-33-47(37-13-5-2-6-14-37)54-51(55-48)40-24-26-50-46(32-40)52(43-17-9-7-15-41(43)42-16-8-10-18-44(42)52)45-31-39(23-25-49(45)56-50)36-27-29-53-30-28-36/h1-33H. The van der Waals surface area contributed by atoms with Gasteiger partial charge in [-0.05, 0) is 93.0 Å². The summed E-state index contributed by atoms with van der Waals surface area (Å²) in [5.74, 6) is 2.32. The highest BCUT2D eigenvalue weighted by molar-refractivity contribution is 5.90. The Balaban J connectivity index is 1.13. The molecule has 0 bridgehead atoms. The molecule has 4 nitrogen and oxygen atoms in total. The molecule has 0 atom stereocenters. The molecular weight excluding hydrogens is 683 g/mol. The van der Waals surface area contributed by atoms with E-state index in [1.165, 1.54) is 27.8 Å². The molecule has 9 aromatic rings. The summed E-state index contributed by atoms with van der Waals surface area (Å²) < 4.78 is 6.86. The molecule has 0 saturated heterocycles. The minimum Gasteiger partial charge on any atom is -0.457 e. The molecule has 0 radical (unpaired) electrons. The third-order valence-corrected chi connectivity index (χ3v) is 11.3. The van der Waals surface area contributed by atoms with Crippen LogP contribution in [0.1, 0.15) is 22.3 Å². The minimum absolute atomic E-state index is 0.651. The first-order valence-electron chi connectivity index (χ1n) is 18.9. The summed E-state index contributed by atoms with van der Waals surface area (Å²) in [5, 5.41) is 0.